The van der Waals surface area contributed by atoms with E-state index < -0.39 is 0 Å². The van der Waals surface area contributed by atoms with Crippen LogP contribution in [0.1, 0.15) is 40.5 Å². The molecule has 0 saturated heterocycles. The van der Waals surface area contributed by atoms with Crippen LogP contribution < -0.4 is 0 Å². The monoisotopic (exact) mass is 184 g/mol. The largest absolute Gasteiger partial charge is 0.462 e. The number of carbonyl (C=O) groups excluding carboxylic acids is 1. The lowest BCUT2D eigenvalue weighted by Gasteiger charge is -2.07. The molecule has 76 valence electrons. The summed E-state index contributed by atoms with van der Waals surface area (Å²) in [4.78, 5) is 11.1. The minimum absolute atomic E-state index is 0.209. The summed E-state index contributed by atoms with van der Waals surface area (Å²) >= 11 is 0. The molecule has 0 spiro atoms. The third-order valence-electron chi connectivity index (χ3n) is 2.13. The molecule has 0 aliphatic heterocycles. The van der Waals surface area contributed by atoms with E-state index >= 15 is 0 Å². The van der Waals surface area contributed by atoms with Crippen LogP contribution in [0.15, 0.2) is 11.6 Å². The van der Waals surface area contributed by atoms with Crippen molar-refractivity contribution < 1.29 is 9.53 Å². The summed E-state index contributed by atoms with van der Waals surface area (Å²) in [6.45, 7) is 8.65. The topological polar surface area (TPSA) is 26.3 Å². The molecule has 0 bridgehead atoms. The predicted molar refractivity (Wildman–Crippen MR) is 54.5 cm³/mol. The Morgan fingerprint density at radius 2 is 2.08 bits per heavy atom. The Balaban J connectivity index is 3.75. The molecule has 0 aliphatic carbocycles. The summed E-state index contributed by atoms with van der Waals surface area (Å²) in [6.07, 6.45) is 3.52. The molecule has 1 unspecified atom stereocenters. The van der Waals surface area contributed by atoms with Crippen molar-refractivity contribution in [3.63, 3.8) is 0 Å². The number of allylic oxidation sites excluding steroid dienone is 1. The fourth-order valence-corrected chi connectivity index (χ4v) is 0.687. The van der Waals surface area contributed by atoms with Crippen molar-refractivity contribution in [2.45, 2.75) is 40.5 Å². The molecule has 0 aromatic heterocycles. The van der Waals surface area contributed by atoms with Gasteiger partial charge in [-0.2, -0.15) is 0 Å². The highest BCUT2D eigenvalue weighted by Gasteiger charge is 2.02. The third kappa shape index (κ3) is 6.38. The van der Waals surface area contributed by atoms with Gasteiger partial charge in [0.15, 0.2) is 0 Å². The van der Waals surface area contributed by atoms with Gasteiger partial charge in [0.25, 0.3) is 0 Å². The molecule has 0 rings (SSSR count). The zero-order valence-electron chi connectivity index (χ0n) is 9.09. The van der Waals surface area contributed by atoms with Gasteiger partial charge < -0.3 is 4.74 Å². The third-order valence-corrected chi connectivity index (χ3v) is 2.13. The van der Waals surface area contributed by atoms with Crippen molar-refractivity contribution in [1.29, 1.82) is 0 Å². The van der Waals surface area contributed by atoms with Crippen LogP contribution in [-0.4, -0.2) is 12.6 Å². The first kappa shape index (κ1) is 12.2. The molecule has 0 aromatic rings. The van der Waals surface area contributed by atoms with Crippen LogP contribution in [0.25, 0.3) is 0 Å². The minimum atomic E-state index is -0.209. The van der Waals surface area contributed by atoms with Crippen LogP contribution in [0, 0.1) is 5.92 Å². The Morgan fingerprint density at radius 3 is 2.54 bits per heavy atom. The minimum Gasteiger partial charge on any atom is -0.462 e. The van der Waals surface area contributed by atoms with Crippen LogP contribution in [0.2, 0.25) is 0 Å². The summed E-state index contributed by atoms with van der Waals surface area (Å²) in [6, 6.07) is 0. The molecule has 0 aliphatic rings. The van der Waals surface area contributed by atoms with Crippen LogP contribution in [0.5, 0.6) is 0 Å². The lowest BCUT2D eigenvalue weighted by atomic mass is 10.1. The molecule has 0 saturated carbocycles. The maximum Gasteiger partial charge on any atom is 0.330 e. The number of carbonyl (C=O) groups is 1. The molecule has 1 atom stereocenters. The van der Waals surface area contributed by atoms with E-state index in [9.17, 15) is 4.79 Å². The standard InChI is InChI=1S/C11H20O2/c1-5-9(3)7-11(12)13-8-10(4)6-2/h7,10H,5-6,8H2,1-4H3/b9-7+. The van der Waals surface area contributed by atoms with Gasteiger partial charge in [0.05, 0.1) is 6.61 Å². The van der Waals surface area contributed by atoms with Crippen molar-refractivity contribution in [3.05, 3.63) is 11.6 Å². The fourth-order valence-electron chi connectivity index (χ4n) is 0.687. The van der Waals surface area contributed by atoms with E-state index in [2.05, 4.69) is 13.8 Å². The van der Waals surface area contributed by atoms with Gasteiger partial charge in [0.2, 0.25) is 0 Å². The van der Waals surface area contributed by atoms with Gasteiger partial charge in [0.1, 0.15) is 0 Å². The Bertz CT molecular complexity index is 183. The smallest absolute Gasteiger partial charge is 0.330 e. The van der Waals surface area contributed by atoms with Crippen molar-refractivity contribution in [3.8, 4) is 0 Å². The zero-order chi connectivity index (χ0) is 10.3. The molecule has 0 heterocycles. The van der Waals surface area contributed by atoms with E-state index in [0.29, 0.717) is 12.5 Å². The Hall–Kier alpha value is -0.790. The molecule has 0 N–H and O–H groups in total. The second-order valence-corrected chi connectivity index (χ2v) is 3.49. The molecular weight excluding hydrogens is 164 g/mol. The van der Waals surface area contributed by atoms with Gasteiger partial charge >= 0.3 is 5.97 Å². The highest BCUT2D eigenvalue weighted by atomic mass is 16.5. The molecule has 2 heteroatoms. The number of ether oxygens (including phenoxy) is 1. The van der Waals surface area contributed by atoms with Gasteiger partial charge in [-0.05, 0) is 19.3 Å². The quantitative estimate of drug-likeness (QED) is 0.485. The summed E-state index contributed by atoms with van der Waals surface area (Å²) in [5, 5.41) is 0. The summed E-state index contributed by atoms with van der Waals surface area (Å²) in [5.74, 6) is 0.249. The van der Waals surface area contributed by atoms with E-state index in [-0.39, 0.29) is 5.97 Å². The first-order valence-electron chi connectivity index (χ1n) is 4.94. The Kier molecular flexibility index (Phi) is 6.29. The molecule has 0 aromatic carbocycles. The van der Waals surface area contributed by atoms with Crippen molar-refractivity contribution in [2.24, 2.45) is 5.92 Å². The Labute approximate surface area is 81.0 Å². The van der Waals surface area contributed by atoms with E-state index in [1.165, 1.54) is 0 Å². The molecule has 2 nitrogen and oxygen atoms in total. The van der Waals surface area contributed by atoms with Crippen LogP contribution in [0.3, 0.4) is 0 Å². The lowest BCUT2D eigenvalue weighted by molar-refractivity contribution is -0.139. The molecule has 0 fully saturated rings. The highest BCUT2D eigenvalue weighted by molar-refractivity contribution is 5.82. The average molecular weight is 184 g/mol. The molecule has 13 heavy (non-hydrogen) atoms. The molecule has 0 radical (unpaired) electrons. The van der Waals surface area contributed by atoms with Gasteiger partial charge in [-0.1, -0.05) is 32.8 Å². The van der Waals surface area contributed by atoms with Gasteiger partial charge in [-0.15, -0.1) is 0 Å². The summed E-state index contributed by atoms with van der Waals surface area (Å²) < 4.78 is 5.05. The van der Waals surface area contributed by atoms with Crippen molar-refractivity contribution in [2.75, 3.05) is 6.61 Å². The van der Waals surface area contributed by atoms with Crippen LogP contribution >= 0.6 is 0 Å². The fraction of sp³-hybridized carbons (Fsp3) is 0.727. The van der Waals surface area contributed by atoms with Crippen LogP contribution in [-0.2, 0) is 9.53 Å². The van der Waals surface area contributed by atoms with Crippen LogP contribution in [0.4, 0.5) is 0 Å². The van der Waals surface area contributed by atoms with Gasteiger partial charge in [0, 0.05) is 6.08 Å². The number of hydrogen-bond donors (Lipinski definition) is 0. The maximum absolute atomic E-state index is 11.1. The van der Waals surface area contributed by atoms with E-state index in [0.717, 1.165) is 18.4 Å². The normalized spacial score (nSPS) is 14.0. The highest BCUT2D eigenvalue weighted by Crippen LogP contribution is 2.03. The van der Waals surface area contributed by atoms with Gasteiger partial charge in [-0.3, -0.25) is 0 Å². The SMILES string of the molecule is CC/C(C)=C/C(=O)OCC(C)CC. The number of hydrogen-bond acceptors (Lipinski definition) is 2. The lowest BCUT2D eigenvalue weighted by Crippen LogP contribution is -2.09. The number of esters is 1. The second-order valence-electron chi connectivity index (χ2n) is 3.49. The van der Waals surface area contributed by atoms with E-state index in [1.54, 1.807) is 6.08 Å². The summed E-state index contributed by atoms with van der Waals surface area (Å²) in [5.41, 5.74) is 1.06. The van der Waals surface area contributed by atoms with Gasteiger partial charge in [-0.25, -0.2) is 4.79 Å². The molecule has 0 amide bonds. The summed E-state index contributed by atoms with van der Waals surface area (Å²) in [7, 11) is 0. The maximum atomic E-state index is 11.1. The average Bonchev–Trinajstić information content (AvgIpc) is 2.13. The first-order chi connectivity index (χ1) is 6.10. The van der Waals surface area contributed by atoms with E-state index in [1.807, 2.05) is 13.8 Å². The zero-order valence-corrected chi connectivity index (χ0v) is 9.09. The predicted octanol–water partition coefficient (Wildman–Crippen LogP) is 2.93. The second kappa shape index (κ2) is 6.70. The van der Waals surface area contributed by atoms with E-state index in [4.69, 9.17) is 4.74 Å². The molecular formula is C11H20O2. The first-order valence-corrected chi connectivity index (χ1v) is 4.94. The van der Waals surface area contributed by atoms with Crippen molar-refractivity contribution in [1.82, 2.24) is 0 Å². The number of rotatable bonds is 5. The Morgan fingerprint density at radius 1 is 1.46 bits per heavy atom. The van der Waals surface area contributed by atoms with Crippen molar-refractivity contribution >= 4 is 5.97 Å².